The molecule has 3 aromatic rings. The maximum absolute atomic E-state index is 13.6. The Hall–Kier alpha value is -2.83. The molecule has 1 atom stereocenters. The van der Waals surface area contributed by atoms with Gasteiger partial charge in [0.25, 0.3) is 5.91 Å². The number of amides is 2. The number of halogens is 2. The summed E-state index contributed by atoms with van der Waals surface area (Å²) in [5, 5.41) is 3.43. The van der Waals surface area contributed by atoms with Gasteiger partial charge in [0.1, 0.15) is 11.8 Å². The molecule has 0 aliphatic rings. The molecule has 0 aliphatic heterocycles. The van der Waals surface area contributed by atoms with E-state index in [2.05, 4.69) is 28.2 Å². The lowest BCUT2D eigenvalue weighted by molar-refractivity contribution is -0.142. The van der Waals surface area contributed by atoms with Gasteiger partial charge in [-0.1, -0.05) is 95.5 Å². The van der Waals surface area contributed by atoms with Gasteiger partial charge in [-0.05, 0) is 48.2 Å². The van der Waals surface area contributed by atoms with E-state index in [1.807, 2.05) is 61.5 Å². The fourth-order valence-electron chi connectivity index (χ4n) is 3.85. The minimum Gasteiger partial charge on any atom is -0.482 e. The van der Waals surface area contributed by atoms with Crippen molar-refractivity contribution in [1.82, 2.24) is 10.2 Å². The largest absolute Gasteiger partial charge is 0.482 e. The van der Waals surface area contributed by atoms with E-state index in [-0.39, 0.29) is 18.4 Å². The fourth-order valence-corrected chi connectivity index (χ4v) is 4.57. The van der Waals surface area contributed by atoms with E-state index in [1.165, 1.54) is 0 Å². The Balaban J connectivity index is 1.90. The van der Waals surface area contributed by atoms with Crippen LogP contribution in [0.25, 0.3) is 0 Å². The molecule has 190 valence electrons. The summed E-state index contributed by atoms with van der Waals surface area (Å²) in [5.41, 5.74) is 3.01. The van der Waals surface area contributed by atoms with E-state index in [0.717, 1.165) is 34.0 Å². The third kappa shape index (κ3) is 8.10. The molecule has 0 saturated carbocycles. The molecule has 2 amide bonds. The van der Waals surface area contributed by atoms with Crippen LogP contribution in [0.2, 0.25) is 5.02 Å². The second kappa shape index (κ2) is 14.0. The summed E-state index contributed by atoms with van der Waals surface area (Å²) < 4.78 is 6.62. The van der Waals surface area contributed by atoms with E-state index < -0.39 is 6.04 Å². The highest BCUT2D eigenvalue weighted by atomic mass is 79.9. The van der Waals surface area contributed by atoms with Crippen LogP contribution in [-0.2, 0) is 22.6 Å². The van der Waals surface area contributed by atoms with E-state index in [4.69, 9.17) is 16.3 Å². The molecule has 3 aromatic carbocycles. The van der Waals surface area contributed by atoms with E-state index in [1.54, 1.807) is 23.1 Å². The van der Waals surface area contributed by atoms with Crippen molar-refractivity contribution in [2.45, 2.75) is 45.7 Å². The van der Waals surface area contributed by atoms with Crippen LogP contribution in [0.1, 0.15) is 36.5 Å². The first-order valence-corrected chi connectivity index (χ1v) is 13.3. The van der Waals surface area contributed by atoms with Gasteiger partial charge >= 0.3 is 0 Å². The zero-order valence-electron chi connectivity index (χ0n) is 20.7. The smallest absolute Gasteiger partial charge is 0.261 e. The summed E-state index contributed by atoms with van der Waals surface area (Å²) in [6, 6.07) is 22.2. The summed E-state index contributed by atoms with van der Waals surface area (Å²) >= 11 is 9.67. The van der Waals surface area contributed by atoms with Crippen LogP contribution in [0.5, 0.6) is 5.75 Å². The minimum atomic E-state index is -0.694. The second-order valence-electron chi connectivity index (χ2n) is 8.66. The number of rotatable bonds is 12. The van der Waals surface area contributed by atoms with Gasteiger partial charge in [-0.25, -0.2) is 0 Å². The number of aryl methyl sites for hydroxylation is 1. The molecule has 0 radical (unpaired) electrons. The summed E-state index contributed by atoms with van der Waals surface area (Å²) in [6.45, 7) is 4.70. The van der Waals surface area contributed by atoms with E-state index >= 15 is 0 Å². The Morgan fingerprint density at radius 2 is 1.78 bits per heavy atom. The number of carbonyl (C=O) groups is 2. The molecule has 0 aromatic heterocycles. The Morgan fingerprint density at radius 1 is 1.06 bits per heavy atom. The zero-order valence-corrected chi connectivity index (χ0v) is 23.0. The first-order valence-electron chi connectivity index (χ1n) is 12.1. The lowest BCUT2D eigenvalue weighted by Gasteiger charge is -2.32. The maximum Gasteiger partial charge on any atom is 0.261 e. The third-order valence-corrected chi connectivity index (χ3v) is 6.74. The van der Waals surface area contributed by atoms with Gasteiger partial charge < -0.3 is 15.0 Å². The van der Waals surface area contributed by atoms with Crippen molar-refractivity contribution in [3.05, 3.63) is 99.0 Å². The Labute approximate surface area is 226 Å². The summed E-state index contributed by atoms with van der Waals surface area (Å²) in [7, 11) is 0. The van der Waals surface area contributed by atoms with Crippen LogP contribution in [0, 0.1) is 6.92 Å². The standard InChI is InChI=1S/C29H32BrClN2O3/c1-3-4-16-32-29(35)26(17-22-11-6-5-7-12-22)33(19-23-13-9-8-10-21(23)2)28(34)20-36-27-15-14-24(30)18-25(27)31/h5-15,18,26H,3-4,16-17,19-20H2,1-2H3,(H,32,35)/t26-/m0/s1. The van der Waals surface area contributed by atoms with Gasteiger partial charge in [0.15, 0.2) is 6.61 Å². The van der Waals surface area contributed by atoms with Gasteiger partial charge in [-0.3, -0.25) is 9.59 Å². The Bertz CT molecular complexity index is 1160. The highest BCUT2D eigenvalue weighted by Crippen LogP contribution is 2.28. The molecule has 0 spiro atoms. The number of hydrogen-bond donors (Lipinski definition) is 1. The first-order chi connectivity index (χ1) is 17.4. The molecule has 3 rings (SSSR count). The zero-order chi connectivity index (χ0) is 25.9. The number of carbonyl (C=O) groups excluding carboxylic acids is 2. The van der Waals surface area contributed by atoms with Crippen LogP contribution in [0.15, 0.2) is 77.3 Å². The fraction of sp³-hybridized carbons (Fsp3) is 0.310. The monoisotopic (exact) mass is 570 g/mol. The van der Waals surface area contributed by atoms with Crippen molar-refractivity contribution in [2.75, 3.05) is 13.2 Å². The van der Waals surface area contributed by atoms with Gasteiger partial charge in [0, 0.05) is 24.0 Å². The molecule has 0 saturated heterocycles. The molecule has 0 fully saturated rings. The Kier molecular flexibility index (Phi) is 10.8. The molecule has 0 unspecified atom stereocenters. The average molecular weight is 572 g/mol. The first kappa shape index (κ1) is 27.8. The third-order valence-electron chi connectivity index (χ3n) is 5.95. The molecular weight excluding hydrogens is 540 g/mol. The van der Waals surface area contributed by atoms with E-state index in [0.29, 0.717) is 30.3 Å². The predicted octanol–water partition coefficient (Wildman–Crippen LogP) is 6.35. The molecule has 36 heavy (non-hydrogen) atoms. The molecule has 0 heterocycles. The molecule has 1 N–H and O–H groups in total. The highest BCUT2D eigenvalue weighted by molar-refractivity contribution is 9.10. The number of nitrogens with zero attached hydrogens (tertiary/aromatic N) is 1. The minimum absolute atomic E-state index is 0.170. The van der Waals surface area contributed by atoms with Crippen LogP contribution < -0.4 is 10.1 Å². The van der Waals surface area contributed by atoms with E-state index in [9.17, 15) is 9.59 Å². The SMILES string of the molecule is CCCCNC(=O)[C@H](Cc1ccccc1)N(Cc1ccccc1C)C(=O)COc1ccc(Br)cc1Cl. The lowest BCUT2D eigenvalue weighted by atomic mass is 10.0. The van der Waals surface area contributed by atoms with Gasteiger partial charge in [0.05, 0.1) is 5.02 Å². The van der Waals surface area contributed by atoms with Crippen molar-refractivity contribution >= 4 is 39.3 Å². The van der Waals surface area contributed by atoms with Gasteiger partial charge in [-0.15, -0.1) is 0 Å². The molecule has 0 bridgehead atoms. The van der Waals surface area contributed by atoms with Crippen LogP contribution in [0.3, 0.4) is 0 Å². The number of unbranched alkanes of at least 4 members (excludes halogenated alkanes) is 1. The second-order valence-corrected chi connectivity index (χ2v) is 9.98. The molecule has 7 heteroatoms. The summed E-state index contributed by atoms with van der Waals surface area (Å²) in [6.07, 6.45) is 2.24. The number of benzene rings is 3. The van der Waals surface area contributed by atoms with Crippen LogP contribution in [-0.4, -0.2) is 35.9 Å². The quantitative estimate of drug-likeness (QED) is 0.258. The van der Waals surface area contributed by atoms with Crippen molar-refractivity contribution < 1.29 is 14.3 Å². The van der Waals surface area contributed by atoms with Gasteiger partial charge in [-0.2, -0.15) is 0 Å². The van der Waals surface area contributed by atoms with Crippen LogP contribution in [0.4, 0.5) is 0 Å². The highest BCUT2D eigenvalue weighted by Gasteiger charge is 2.31. The molecular formula is C29H32BrClN2O3. The van der Waals surface area contributed by atoms with Crippen molar-refractivity contribution in [3.8, 4) is 5.75 Å². The van der Waals surface area contributed by atoms with Crippen molar-refractivity contribution in [3.63, 3.8) is 0 Å². The average Bonchev–Trinajstić information content (AvgIpc) is 2.87. The summed E-state index contributed by atoms with van der Waals surface area (Å²) in [4.78, 5) is 28.7. The van der Waals surface area contributed by atoms with Crippen LogP contribution >= 0.6 is 27.5 Å². The molecule has 0 aliphatic carbocycles. The maximum atomic E-state index is 13.6. The number of ether oxygens (including phenoxy) is 1. The predicted molar refractivity (Wildman–Crippen MR) is 148 cm³/mol. The van der Waals surface area contributed by atoms with Crippen molar-refractivity contribution in [1.29, 1.82) is 0 Å². The normalized spacial score (nSPS) is 11.6. The topological polar surface area (TPSA) is 58.6 Å². The van der Waals surface area contributed by atoms with Crippen molar-refractivity contribution in [2.24, 2.45) is 0 Å². The summed E-state index contributed by atoms with van der Waals surface area (Å²) in [5.74, 6) is -0.0456. The van der Waals surface area contributed by atoms with Gasteiger partial charge in [0.2, 0.25) is 5.91 Å². The Morgan fingerprint density at radius 3 is 2.47 bits per heavy atom. The number of hydrogen-bond acceptors (Lipinski definition) is 3. The number of nitrogens with one attached hydrogen (secondary N) is 1. The molecule has 5 nitrogen and oxygen atoms in total. The lowest BCUT2D eigenvalue weighted by Crippen LogP contribution is -2.52.